The highest BCUT2D eigenvalue weighted by atomic mass is 16.5. The highest BCUT2D eigenvalue weighted by Gasteiger charge is 2.37. The minimum atomic E-state index is -0.0658. The van der Waals surface area contributed by atoms with Crippen LogP contribution in [0.4, 0.5) is 0 Å². The van der Waals surface area contributed by atoms with Gasteiger partial charge in [0.25, 0.3) is 0 Å². The first kappa shape index (κ1) is 13.8. The fraction of sp³-hybridized carbons (Fsp3) is 0.929. The zero-order chi connectivity index (χ0) is 13.0. The molecule has 1 spiro atoms. The Hall–Kier alpha value is -0.610. The molecule has 1 heterocycles. The normalized spacial score (nSPS) is 25.9. The van der Waals surface area contributed by atoms with Crippen molar-refractivity contribution in [3.8, 4) is 0 Å². The van der Waals surface area contributed by atoms with Gasteiger partial charge in [-0.3, -0.25) is 4.79 Å². The molecule has 0 aromatic heterocycles. The van der Waals surface area contributed by atoms with E-state index >= 15 is 0 Å². The van der Waals surface area contributed by atoms with E-state index in [4.69, 9.17) is 10.5 Å². The van der Waals surface area contributed by atoms with E-state index in [1.54, 1.807) is 0 Å². The number of nitrogens with two attached hydrogens (primary N) is 1. The molecule has 1 atom stereocenters. The van der Waals surface area contributed by atoms with E-state index in [0.29, 0.717) is 18.0 Å². The Kier molecular flexibility index (Phi) is 4.62. The van der Waals surface area contributed by atoms with Gasteiger partial charge in [0.2, 0.25) is 5.91 Å². The Balaban J connectivity index is 1.78. The molecule has 0 aromatic rings. The molecule has 1 unspecified atom stereocenters. The fourth-order valence-electron chi connectivity index (χ4n) is 3.13. The van der Waals surface area contributed by atoms with E-state index in [9.17, 15) is 4.79 Å². The quantitative estimate of drug-likeness (QED) is 0.801. The van der Waals surface area contributed by atoms with Gasteiger partial charge in [-0.15, -0.1) is 0 Å². The van der Waals surface area contributed by atoms with E-state index in [2.05, 4.69) is 5.32 Å². The van der Waals surface area contributed by atoms with E-state index < -0.39 is 0 Å². The maximum absolute atomic E-state index is 11.8. The van der Waals surface area contributed by atoms with Crippen molar-refractivity contribution in [2.24, 2.45) is 17.1 Å². The molecule has 1 amide bonds. The maximum atomic E-state index is 11.8. The summed E-state index contributed by atoms with van der Waals surface area (Å²) in [4.78, 5) is 11.8. The monoisotopic (exact) mass is 254 g/mol. The van der Waals surface area contributed by atoms with Crippen LogP contribution in [0.1, 0.15) is 45.4 Å². The number of hydrogen-bond acceptors (Lipinski definition) is 3. The number of carbonyl (C=O) groups is 1. The van der Waals surface area contributed by atoms with Crippen LogP contribution < -0.4 is 11.1 Å². The Morgan fingerprint density at radius 2 is 1.94 bits per heavy atom. The average Bonchev–Trinajstić information content (AvgIpc) is 2.41. The van der Waals surface area contributed by atoms with Crippen molar-refractivity contribution >= 4 is 5.91 Å². The molecular formula is C14H26N2O2. The molecule has 104 valence electrons. The number of rotatable bonds is 3. The molecule has 0 radical (unpaired) electrons. The molecule has 4 heteroatoms. The second kappa shape index (κ2) is 6.02. The van der Waals surface area contributed by atoms with Crippen LogP contribution in [0, 0.1) is 11.3 Å². The third-order valence-corrected chi connectivity index (χ3v) is 4.75. The van der Waals surface area contributed by atoms with Crippen molar-refractivity contribution in [1.29, 1.82) is 0 Å². The summed E-state index contributed by atoms with van der Waals surface area (Å²) in [6.45, 7) is 4.15. The molecule has 18 heavy (non-hydrogen) atoms. The predicted molar refractivity (Wildman–Crippen MR) is 71.1 cm³/mol. The summed E-state index contributed by atoms with van der Waals surface area (Å²) in [5, 5.41) is 3.14. The summed E-state index contributed by atoms with van der Waals surface area (Å²) >= 11 is 0. The summed E-state index contributed by atoms with van der Waals surface area (Å²) in [5.74, 6) is 0.0504. The number of carbonyl (C=O) groups excluding carboxylic acids is 1. The van der Waals surface area contributed by atoms with Crippen LogP contribution >= 0.6 is 0 Å². The Labute approximate surface area is 110 Å². The first-order valence-electron chi connectivity index (χ1n) is 7.23. The van der Waals surface area contributed by atoms with Gasteiger partial charge in [0.1, 0.15) is 0 Å². The Bertz CT molecular complexity index is 278. The van der Waals surface area contributed by atoms with Crippen molar-refractivity contribution < 1.29 is 9.53 Å². The topological polar surface area (TPSA) is 64.4 Å². The third-order valence-electron chi connectivity index (χ3n) is 4.75. The second-order valence-corrected chi connectivity index (χ2v) is 6.03. The minimum Gasteiger partial charge on any atom is -0.381 e. The molecule has 1 aliphatic heterocycles. The van der Waals surface area contributed by atoms with Crippen LogP contribution in [-0.2, 0) is 9.53 Å². The highest BCUT2D eigenvalue weighted by Crippen LogP contribution is 2.44. The van der Waals surface area contributed by atoms with Crippen molar-refractivity contribution in [2.45, 2.75) is 51.5 Å². The van der Waals surface area contributed by atoms with E-state index in [-0.39, 0.29) is 11.8 Å². The van der Waals surface area contributed by atoms with Crippen LogP contribution in [-0.4, -0.2) is 31.7 Å². The molecule has 0 bridgehead atoms. The van der Waals surface area contributed by atoms with Gasteiger partial charge in [0.15, 0.2) is 0 Å². The van der Waals surface area contributed by atoms with Crippen molar-refractivity contribution in [1.82, 2.24) is 5.32 Å². The lowest BCUT2D eigenvalue weighted by molar-refractivity contribution is -0.125. The third kappa shape index (κ3) is 3.23. The van der Waals surface area contributed by atoms with Crippen LogP contribution in [0.5, 0.6) is 0 Å². The number of hydrogen-bond donors (Lipinski definition) is 2. The van der Waals surface area contributed by atoms with Crippen LogP contribution in [0.15, 0.2) is 0 Å². The first-order chi connectivity index (χ1) is 8.65. The molecule has 2 rings (SSSR count). The van der Waals surface area contributed by atoms with Gasteiger partial charge in [-0.05, 0) is 43.9 Å². The summed E-state index contributed by atoms with van der Waals surface area (Å²) in [5.41, 5.74) is 6.03. The van der Waals surface area contributed by atoms with Gasteiger partial charge in [0, 0.05) is 31.7 Å². The molecule has 0 aromatic carbocycles. The standard InChI is InChI=1S/C14H26N2O2/c1-11(10-15)13(17)16-12-2-4-14(5-3-12)6-8-18-9-7-14/h11-12H,2-10,15H2,1H3,(H,16,17). The lowest BCUT2D eigenvalue weighted by Gasteiger charge is -2.43. The number of nitrogens with one attached hydrogen (secondary N) is 1. The molecule has 4 nitrogen and oxygen atoms in total. The van der Waals surface area contributed by atoms with Gasteiger partial charge in [-0.1, -0.05) is 6.92 Å². The minimum absolute atomic E-state index is 0.0658. The van der Waals surface area contributed by atoms with E-state index in [1.807, 2.05) is 6.92 Å². The van der Waals surface area contributed by atoms with E-state index in [1.165, 1.54) is 25.7 Å². The molecule has 2 aliphatic rings. The predicted octanol–water partition coefficient (Wildman–Crippen LogP) is 1.44. The smallest absolute Gasteiger partial charge is 0.224 e. The summed E-state index contributed by atoms with van der Waals surface area (Å²) in [6, 6.07) is 0.361. The van der Waals surface area contributed by atoms with Crippen LogP contribution in [0.25, 0.3) is 0 Å². The van der Waals surface area contributed by atoms with Crippen LogP contribution in [0.2, 0.25) is 0 Å². The van der Waals surface area contributed by atoms with Gasteiger partial charge < -0.3 is 15.8 Å². The second-order valence-electron chi connectivity index (χ2n) is 6.03. The number of ether oxygens (including phenoxy) is 1. The molecule has 1 saturated carbocycles. The lowest BCUT2D eigenvalue weighted by Crippen LogP contribution is -2.44. The Morgan fingerprint density at radius 3 is 2.50 bits per heavy atom. The van der Waals surface area contributed by atoms with Crippen molar-refractivity contribution in [3.63, 3.8) is 0 Å². The largest absolute Gasteiger partial charge is 0.381 e. The molecule has 2 fully saturated rings. The summed E-state index contributed by atoms with van der Waals surface area (Å²) < 4.78 is 5.45. The Morgan fingerprint density at radius 1 is 1.33 bits per heavy atom. The van der Waals surface area contributed by atoms with Gasteiger partial charge in [-0.2, -0.15) is 0 Å². The van der Waals surface area contributed by atoms with E-state index in [0.717, 1.165) is 26.1 Å². The maximum Gasteiger partial charge on any atom is 0.224 e. The first-order valence-corrected chi connectivity index (χ1v) is 7.23. The molecule has 3 N–H and O–H groups in total. The molecule has 1 saturated heterocycles. The van der Waals surface area contributed by atoms with Gasteiger partial charge in [-0.25, -0.2) is 0 Å². The number of amides is 1. The average molecular weight is 254 g/mol. The summed E-state index contributed by atoms with van der Waals surface area (Å²) in [6.07, 6.45) is 7.10. The van der Waals surface area contributed by atoms with Gasteiger partial charge >= 0.3 is 0 Å². The fourth-order valence-corrected chi connectivity index (χ4v) is 3.13. The highest BCUT2D eigenvalue weighted by molar-refractivity contribution is 5.78. The SMILES string of the molecule is CC(CN)C(=O)NC1CCC2(CCOCC2)CC1. The molecular weight excluding hydrogens is 228 g/mol. The van der Waals surface area contributed by atoms with Crippen molar-refractivity contribution in [3.05, 3.63) is 0 Å². The lowest BCUT2D eigenvalue weighted by atomic mass is 9.68. The van der Waals surface area contributed by atoms with Crippen molar-refractivity contribution in [2.75, 3.05) is 19.8 Å². The molecule has 1 aliphatic carbocycles. The van der Waals surface area contributed by atoms with Crippen LogP contribution in [0.3, 0.4) is 0 Å². The zero-order valence-electron chi connectivity index (χ0n) is 11.4. The summed E-state index contributed by atoms with van der Waals surface area (Å²) in [7, 11) is 0. The zero-order valence-corrected chi connectivity index (χ0v) is 11.4. The van der Waals surface area contributed by atoms with Gasteiger partial charge in [0.05, 0.1) is 0 Å².